The van der Waals surface area contributed by atoms with E-state index in [0.717, 1.165) is 36.0 Å². The van der Waals surface area contributed by atoms with Crippen molar-refractivity contribution in [2.45, 2.75) is 58.2 Å². The number of aliphatic hydroxyl groups is 2. The number of halogens is 1. The Kier molecular flexibility index (Phi) is 10.6. The third-order valence-electron chi connectivity index (χ3n) is 5.14. The average molecular weight is 400 g/mol. The molecule has 0 saturated heterocycles. The molecule has 1 aromatic carbocycles. The molecule has 0 spiro atoms. The van der Waals surface area contributed by atoms with E-state index in [1.54, 1.807) is 18.2 Å². The Morgan fingerprint density at radius 1 is 1.25 bits per heavy atom. The molecule has 0 bridgehead atoms. The molecule has 0 heterocycles. The summed E-state index contributed by atoms with van der Waals surface area (Å²) >= 11 is 0. The smallest absolute Gasteiger partial charge is 1.00 e. The number of hydrogen-bond acceptors (Lipinski definition) is 3. The van der Waals surface area contributed by atoms with Gasteiger partial charge in [0, 0.05) is 6.42 Å². The number of rotatable bonds is 7. The van der Waals surface area contributed by atoms with Crippen LogP contribution < -0.4 is 29.6 Å². The van der Waals surface area contributed by atoms with E-state index in [0.29, 0.717) is 11.8 Å². The van der Waals surface area contributed by atoms with Gasteiger partial charge in [0.25, 0.3) is 0 Å². The minimum atomic E-state index is -1.09. The Morgan fingerprint density at radius 3 is 2.50 bits per heavy atom. The molecule has 0 aliphatic heterocycles. The van der Waals surface area contributed by atoms with Gasteiger partial charge in [-0.3, -0.25) is 4.79 Å². The Morgan fingerprint density at radius 2 is 1.89 bits per heavy atom. The molecule has 1 aromatic rings. The van der Waals surface area contributed by atoms with Crippen molar-refractivity contribution >= 4 is 11.5 Å². The van der Waals surface area contributed by atoms with Crippen LogP contribution in [-0.2, 0) is 4.79 Å². The molecule has 0 saturated carbocycles. The van der Waals surface area contributed by atoms with E-state index in [1.165, 1.54) is 12.1 Å². The second kappa shape index (κ2) is 11.9. The summed E-state index contributed by atoms with van der Waals surface area (Å²) in [6, 6.07) is 6.49. The van der Waals surface area contributed by atoms with Gasteiger partial charge in [-0.2, -0.15) is 0 Å². The molecule has 4 atom stereocenters. The number of carboxylic acids is 1. The van der Waals surface area contributed by atoms with Crippen molar-refractivity contribution in [3.05, 3.63) is 53.4 Å². The zero-order valence-electron chi connectivity index (χ0n) is 17.9. The third-order valence-corrected chi connectivity index (χ3v) is 5.14. The summed E-state index contributed by atoms with van der Waals surface area (Å²) in [6.45, 7) is 4.35. The minimum absolute atomic E-state index is 0. The predicted molar refractivity (Wildman–Crippen MR) is 105 cm³/mol. The summed E-state index contributed by atoms with van der Waals surface area (Å²) < 4.78 is 13.3. The third kappa shape index (κ3) is 7.80. The Bertz CT molecular complexity index is 705. The number of hydrogen-bond donors (Lipinski definition) is 3. The molecule has 2 rings (SSSR count). The van der Waals surface area contributed by atoms with Gasteiger partial charge in [0.2, 0.25) is 0 Å². The maximum absolute atomic E-state index is 13.3. The van der Waals surface area contributed by atoms with Crippen LogP contribution in [0.25, 0.3) is 5.57 Å². The van der Waals surface area contributed by atoms with Gasteiger partial charge in [0.05, 0.1) is 18.6 Å². The molecule has 4 nitrogen and oxygen atoms in total. The largest absolute Gasteiger partial charge is 1.00 e. The molecular weight excluding hydrogens is 370 g/mol. The maximum atomic E-state index is 13.3. The summed E-state index contributed by atoms with van der Waals surface area (Å²) in [5.41, 5.74) is 3.25. The molecule has 6 heteroatoms. The molecule has 28 heavy (non-hydrogen) atoms. The summed E-state index contributed by atoms with van der Waals surface area (Å²) in [7, 11) is 0. The van der Waals surface area contributed by atoms with E-state index in [-0.39, 0.29) is 49.6 Å². The Labute approximate surface area is 189 Å². The van der Waals surface area contributed by atoms with Crippen molar-refractivity contribution < 1.29 is 55.5 Å². The molecular formula is C22H30FNaO4. The summed E-state index contributed by atoms with van der Waals surface area (Å²) in [5.74, 6) is -0.552. The first-order valence-electron chi connectivity index (χ1n) is 9.51. The fraction of sp³-hybridized carbons (Fsp3) is 0.500. The molecule has 0 amide bonds. The van der Waals surface area contributed by atoms with Crippen molar-refractivity contribution in [1.29, 1.82) is 0 Å². The number of benzene rings is 1. The van der Waals surface area contributed by atoms with Crippen LogP contribution in [0.5, 0.6) is 0 Å². The fourth-order valence-electron chi connectivity index (χ4n) is 3.61. The normalized spacial score (nSPS) is 22.5. The van der Waals surface area contributed by atoms with E-state index in [1.807, 2.05) is 6.08 Å². The van der Waals surface area contributed by atoms with Gasteiger partial charge in [0.15, 0.2) is 0 Å². The minimum Gasteiger partial charge on any atom is -1.00 e. The zero-order chi connectivity index (χ0) is 20.0. The van der Waals surface area contributed by atoms with Crippen molar-refractivity contribution in [3.63, 3.8) is 0 Å². The molecule has 150 valence electrons. The van der Waals surface area contributed by atoms with Gasteiger partial charge in [-0.05, 0) is 59.9 Å². The molecule has 0 radical (unpaired) electrons. The monoisotopic (exact) mass is 400 g/mol. The van der Waals surface area contributed by atoms with Crippen LogP contribution in [0, 0.1) is 17.7 Å². The van der Waals surface area contributed by atoms with Crippen molar-refractivity contribution in [1.82, 2.24) is 0 Å². The average Bonchev–Trinajstić information content (AvgIpc) is 2.72. The molecule has 3 N–H and O–H groups in total. The fourth-order valence-corrected chi connectivity index (χ4v) is 3.61. The quantitative estimate of drug-likeness (QED) is 0.603. The summed E-state index contributed by atoms with van der Waals surface area (Å²) in [5, 5.41) is 28.6. The first-order chi connectivity index (χ1) is 12.8. The van der Waals surface area contributed by atoms with Crippen molar-refractivity contribution in [2.75, 3.05) is 0 Å². The van der Waals surface area contributed by atoms with Crippen LogP contribution in [0.1, 0.15) is 52.9 Å². The molecule has 1 aliphatic carbocycles. The molecule has 0 fully saturated rings. The van der Waals surface area contributed by atoms with Gasteiger partial charge in [-0.1, -0.05) is 38.1 Å². The van der Waals surface area contributed by atoms with Crippen LogP contribution in [0.15, 0.2) is 42.0 Å². The van der Waals surface area contributed by atoms with E-state index in [2.05, 4.69) is 13.8 Å². The van der Waals surface area contributed by atoms with Gasteiger partial charge in [-0.15, -0.1) is 0 Å². The van der Waals surface area contributed by atoms with Gasteiger partial charge in [0.1, 0.15) is 5.82 Å². The van der Waals surface area contributed by atoms with Crippen LogP contribution in [0.2, 0.25) is 0 Å². The molecule has 4 unspecified atom stereocenters. The van der Waals surface area contributed by atoms with Gasteiger partial charge < -0.3 is 16.7 Å². The van der Waals surface area contributed by atoms with E-state index in [4.69, 9.17) is 5.11 Å². The Balaban J connectivity index is 0.00000392. The summed E-state index contributed by atoms with van der Waals surface area (Å²) in [4.78, 5) is 10.6. The number of carbonyl (C=O) groups is 1. The predicted octanol–water partition coefficient (Wildman–Crippen LogP) is 1.29. The number of aliphatic carboxylic acids is 1. The van der Waals surface area contributed by atoms with Gasteiger partial charge in [-0.25, -0.2) is 4.39 Å². The van der Waals surface area contributed by atoms with Crippen LogP contribution in [0.4, 0.5) is 4.39 Å². The van der Waals surface area contributed by atoms with Crippen molar-refractivity contribution in [2.24, 2.45) is 11.8 Å². The summed E-state index contributed by atoms with van der Waals surface area (Å²) in [6.07, 6.45) is 4.11. The number of aliphatic hydroxyl groups excluding tert-OH is 2. The first kappa shape index (κ1) is 25.1. The number of carboxylic acid groups (broad SMARTS) is 1. The number of allylic oxidation sites excluding steroid dienone is 3. The van der Waals surface area contributed by atoms with Crippen LogP contribution >= 0.6 is 0 Å². The van der Waals surface area contributed by atoms with E-state index in [9.17, 15) is 19.4 Å². The second-order valence-corrected chi connectivity index (χ2v) is 7.64. The second-order valence-electron chi connectivity index (χ2n) is 7.64. The Hall–Kier alpha value is -0.980. The molecule has 0 aromatic heterocycles. The van der Waals surface area contributed by atoms with E-state index < -0.39 is 18.2 Å². The van der Waals surface area contributed by atoms with Crippen molar-refractivity contribution in [3.8, 4) is 0 Å². The maximum Gasteiger partial charge on any atom is 1.00 e. The topological polar surface area (TPSA) is 77.8 Å². The standard InChI is InChI=1S/C22H29FO4.Na.H/c1-14-3-4-15(2)20(10-9-18(24)12-19(25)13-22(26)27)21(11-14)16-5-7-17(23)8-6-16;;/h5-10,14-15,18-19,24-25H,3-4,11-13H2,1-2H3,(H,26,27);;/q;+1;-1/b10-9+;;. The van der Waals surface area contributed by atoms with E-state index >= 15 is 0 Å². The van der Waals surface area contributed by atoms with Crippen LogP contribution in [-0.4, -0.2) is 33.5 Å². The first-order valence-corrected chi connectivity index (χ1v) is 9.51. The molecule has 1 aliphatic rings. The van der Waals surface area contributed by atoms with Gasteiger partial charge >= 0.3 is 35.5 Å². The zero-order valence-corrected chi connectivity index (χ0v) is 18.9. The SMILES string of the molecule is CC1CCC(C)C(/C=C/C(O)CC(O)CC(=O)O)=C(c2ccc(F)cc2)C1.[H-].[Na+]. The van der Waals surface area contributed by atoms with Crippen LogP contribution in [0.3, 0.4) is 0 Å².